The van der Waals surface area contributed by atoms with Crippen LogP contribution >= 0.6 is 43.2 Å². The summed E-state index contributed by atoms with van der Waals surface area (Å²) in [7, 11) is 0. The first-order chi connectivity index (χ1) is 9.16. The Morgan fingerprint density at radius 2 is 2.26 bits per heavy atom. The molecule has 0 saturated heterocycles. The van der Waals surface area contributed by atoms with Gasteiger partial charge in [0.1, 0.15) is 0 Å². The zero-order valence-corrected chi connectivity index (χ0v) is 14.1. The molecule has 2 heterocycles. The Balaban J connectivity index is 1.95. The van der Waals surface area contributed by atoms with Crippen molar-refractivity contribution < 1.29 is 5.11 Å². The molecule has 2 nitrogen and oxygen atoms in total. The third kappa shape index (κ3) is 2.66. The molecule has 2 aromatic rings. The largest absolute Gasteiger partial charge is 0.387 e. The van der Waals surface area contributed by atoms with E-state index in [1.165, 1.54) is 5.56 Å². The molecule has 1 N–H and O–H groups in total. The Hall–Kier alpha value is -0.230. The molecule has 0 radical (unpaired) electrons. The van der Waals surface area contributed by atoms with Crippen molar-refractivity contribution in [2.75, 3.05) is 0 Å². The molecule has 0 aromatic carbocycles. The van der Waals surface area contributed by atoms with Crippen LogP contribution in [0.2, 0.25) is 0 Å². The second-order valence-electron chi connectivity index (χ2n) is 4.76. The van der Waals surface area contributed by atoms with Gasteiger partial charge in [-0.3, -0.25) is 4.98 Å². The van der Waals surface area contributed by atoms with Gasteiger partial charge in [0, 0.05) is 27.2 Å². The second kappa shape index (κ2) is 5.64. The van der Waals surface area contributed by atoms with E-state index in [1.807, 2.05) is 18.3 Å². The molecule has 0 spiro atoms. The topological polar surface area (TPSA) is 33.1 Å². The first kappa shape index (κ1) is 13.7. The molecule has 2 unspecified atom stereocenters. The maximum absolute atomic E-state index is 10.7. The van der Waals surface area contributed by atoms with Gasteiger partial charge in [-0.15, -0.1) is 11.3 Å². The van der Waals surface area contributed by atoms with Crippen molar-refractivity contribution in [3.63, 3.8) is 0 Å². The Morgan fingerprint density at radius 1 is 1.42 bits per heavy atom. The number of aliphatic hydroxyl groups excluding tert-OH is 1. The molecule has 1 aliphatic rings. The summed E-state index contributed by atoms with van der Waals surface area (Å²) in [5.74, 6) is 0.113. The van der Waals surface area contributed by atoms with Crippen LogP contribution < -0.4 is 0 Å². The highest BCUT2D eigenvalue weighted by molar-refractivity contribution is 9.13. The van der Waals surface area contributed by atoms with Crippen LogP contribution in [0.5, 0.6) is 0 Å². The molecule has 0 bridgehead atoms. The molecule has 2 atom stereocenters. The van der Waals surface area contributed by atoms with Crippen molar-refractivity contribution in [1.29, 1.82) is 0 Å². The number of hydrogen-bond donors (Lipinski definition) is 1. The lowest BCUT2D eigenvalue weighted by Gasteiger charge is -2.27. The van der Waals surface area contributed by atoms with Crippen LogP contribution in [0.3, 0.4) is 0 Å². The van der Waals surface area contributed by atoms with E-state index >= 15 is 0 Å². The minimum absolute atomic E-state index is 0.113. The molecule has 1 aliphatic carbocycles. The lowest BCUT2D eigenvalue weighted by molar-refractivity contribution is 0.137. The summed E-state index contributed by atoms with van der Waals surface area (Å²) in [6.45, 7) is 0. The van der Waals surface area contributed by atoms with E-state index in [0.29, 0.717) is 0 Å². The fraction of sp³-hybridized carbons (Fsp3) is 0.357. The van der Waals surface area contributed by atoms with Gasteiger partial charge in [-0.2, -0.15) is 0 Å². The second-order valence-corrected chi connectivity index (χ2v) is 8.02. The summed E-state index contributed by atoms with van der Waals surface area (Å²) < 4.78 is 2.03. The van der Waals surface area contributed by atoms with Crippen LogP contribution in [0.1, 0.15) is 41.0 Å². The summed E-state index contributed by atoms with van der Waals surface area (Å²) in [6, 6.07) is 6.10. The maximum atomic E-state index is 10.7. The highest BCUT2D eigenvalue weighted by Crippen LogP contribution is 2.43. The van der Waals surface area contributed by atoms with Gasteiger partial charge in [0.15, 0.2) is 0 Å². The van der Waals surface area contributed by atoms with Gasteiger partial charge in [-0.05, 0) is 68.8 Å². The molecule has 0 fully saturated rings. The van der Waals surface area contributed by atoms with Crippen molar-refractivity contribution in [2.45, 2.75) is 31.3 Å². The average Bonchev–Trinajstić information content (AvgIpc) is 2.77. The van der Waals surface area contributed by atoms with E-state index in [9.17, 15) is 5.11 Å². The molecule has 0 saturated carbocycles. The zero-order valence-electron chi connectivity index (χ0n) is 10.1. The first-order valence-electron chi connectivity index (χ1n) is 6.23. The van der Waals surface area contributed by atoms with Gasteiger partial charge >= 0.3 is 0 Å². The number of pyridine rings is 1. The van der Waals surface area contributed by atoms with Crippen molar-refractivity contribution >= 4 is 43.2 Å². The Kier molecular flexibility index (Phi) is 4.08. The number of thiophene rings is 1. The van der Waals surface area contributed by atoms with E-state index in [4.69, 9.17) is 0 Å². The molecule has 0 aliphatic heterocycles. The third-order valence-electron chi connectivity index (χ3n) is 3.58. The summed E-state index contributed by atoms with van der Waals surface area (Å²) in [6.07, 6.45) is 4.54. The number of rotatable bonds is 2. The molecule has 5 heteroatoms. The fourth-order valence-corrected chi connectivity index (χ4v) is 4.80. The molecule has 2 aromatic heterocycles. The number of halogens is 2. The predicted octanol–water partition coefficient (Wildman–Crippen LogP) is 4.82. The zero-order chi connectivity index (χ0) is 13.4. The summed E-state index contributed by atoms with van der Waals surface area (Å²) in [5.41, 5.74) is 2.36. The molecule has 0 amide bonds. The predicted molar refractivity (Wildman–Crippen MR) is 84.6 cm³/mol. The Bertz CT molecular complexity index is 579. The average molecular weight is 403 g/mol. The van der Waals surface area contributed by atoms with Gasteiger partial charge in [-0.1, -0.05) is 6.07 Å². The normalized spacial score (nSPS) is 20.1. The van der Waals surface area contributed by atoms with E-state index in [-0.39, 0.29) is 5.92 Å². The minimum Gasteiger partial charge on any atom is -0.387 e. The number of aliphatic hydroxyl groups is 1. The van der Waals surface area contributed by atoms with Gasteiger partial charge in [0.05, 0.1) is 9.89 Å². The summed E-state index contributed by atoms with van der Waals surface area (Å²) in [5, 5.41) is 10.7. The van der Waals surface area contributed by atoms with E-state index in [2.05, 4.69) is 42.9 Å². The first-order valence-corrected chi connectivity index (χ1v) is 8.63. The van der Waals surface area contributed by atoms with Crippen molar-refractivity contribution in [1.82, 2.24) is 4.98 Å². The maximum Gasteiger partial charge on any atom is 0.0966 e. The van der Waals surface area contributed by atoms with E-state index in [0.717, 1.165) is 38.1 Å². The highest BCUT2D eigenvalue weighted by atomic mass is 79.9. The highest BCUT2D eigenvalue weighted by Gasteiger charge is 2.30. The van der Waals surface area contributed by atoms with Gasteiger partial charge in [-0.25, -0.2) is 0 Å². The summed E-state index contributed by atoms with van der Waals surface area (Å²) >= 11 is 8.54. The third-order valence-corrected chi connectivity index (χ3v) is 6.90. The number of nitrogens with zero attached hydrogens (tertiary/aromatic N) is 1. The number of aromatic nitrogens is 1. The van der Waals surface area contributed by atoms with Gasteiger partial charge in [0.25, 0.3) is 0 Å². The van der Waals surface area contributed by atoms with E-state index in [1.54, 1.807) is 11.3 Å². The van der Waals surface area contributed by atoms with Gasteiger partial charge < -0.3 is 5.11 Å². The van der Waals surface area contributed by atoms with Crippen molar-refractivity contribution in [3.05, 3.63) is 48.8 Å². The van der Waals surface area contributed by atoms with Crippen LogP contribution in [-0.2, 0) is 6.42 Å². The van der Waals surface area contributed by atoms with Crippen LogP contribution in [0.25, 0.3) is 0 Å². The molecular formula is C14H13Br2NOS. The monoisotopic (exact) mass is 401 g/mol. The number of hydrogen-bond acceptors (Lipinski definition) is 3. The standard InChI is InChI=1S/C14H13Br2NOS/c15-10-7-11(19-14(10)16)13(18)9-5-1-3-8-4-2-6-17-12(8)9/h2,4,6-7,9,13,18H,1,3,5H2. The summed E-state index contributed by atoms with van der Waals surface area (Å²) in [4.78, 5) is 5.49. The Morgan fingerprint density at radius 3 is 3.00 bits per heavy atom. The SMILES string of the molecule is OC(c1cc(Br)c(Br)s1)C1CCCc2cccnc21. The Labute approximate surface area is 133 Å². The van der Waals surface area contributed by atoms with Crippen LogP contribution in [-0.4, -0.2) is 10.1 Å². The van der Waals surface area contributed by atoms with Gasteiger partial charge in [0.2, 0.25) is 0 Å². The van der Waals surface area contributed by atoms with Crippen LogP contribution in [0.4, 0.5) is 0 Å². The molecule has 100 valence electrons. The minimum atomic E-state index is -0.471. The smallest absolute Gasteiger partial charge is 0.0966 e. The van der Waals surface area contributed by atoms with Crippen LogP contribution in [0.15, 0.2) is 32.7 Å². The molecular weight excluding hydrogens is 390 g/mol. The van der Waals surface area contributed by atoms with Crippen LogP contribution in [0, 0.1) is 0 Å². The van der Waals surface area contributed by atoms with Crippen molar-refractivity contribution in [3.8, 4) is 0 Å². The quantitative estimate of drug-likeness (QED) is 0.780. The van der Waals surface area contributed by atoms with E-state index < -0.39 is 6.10 Å². The fourth-order valence-electron chi connectivity index (χ4n) is 2.66. The molecule has 3 rings (SSSR count). The molecule has 19 heavy (non-hydrogen) atoms. The number of aryl methyl sites for hydroxylation is 1. The number of fused-ring (bicyclic) bond motifs is 1. The lowest BCUT2D eigenvalue weighted by atomic mass is 9.83. The lowest BCUT2D eigenvalue weighted by Crippen LogP contribution is -2.18. The van der Waals surface area contributed by atoms with Crippen molar-refractivity contribution in [2.24, 2.45) is 0 Å².